The summed E-state index contributed by atoms with van der Waals surface area (Å²) in [5.74, 6) is 1.47. The quantitative estimate of drug-likeness (QED) is 0.258. The Balaban J connectivity index is 1.34. The van der Waals surface area contributed by atoms with Crippen LogP contribution in [-0.4, -0.2) is 12.1 Å². The average Bonchev–Trinajstić information content (AvgIpc) is 2.82. The SMILES string of the molecule is CCc1ccc(C2CCC(C(=O)OC3CCC(CCC=CC=CC#N)CC3)CC2)cc1. The van der Waals surface area contributed by atoms with Crippen LogP contribution in [0.3, 0.4) is 0 Å². The molecule has 0 amide bonds. The highest BCUT2D eigenvalue weighted by Gasteiger charge is 2.31. The summed E-state index contributed by atoms with van der Waals surface area (Å²) in [5.41, 5.74) is 2.82. The molecular weight excluding hydrogens is 382 g/mol. The number of benzene rings is 1. The van der Waals surface area contributed by atoms with Gasteiger partial charge in [0.15, 0.2) is 0 Å². The molecule has 1 aromatic rings. The molecule has 0 aliphatic heterocycles. The van der Waals surface area contributed by atoms with E-state index in [4.69, 9.17) is 10.00 Å². The van der Waals surface area contributed by atoms with Crippen LogP contribution in [0.5, 0.6) is 0 Å². The molecule has 2 fully saturated rings. The molecule has 0 unspecified atom stereocenters. The minimum Gasteiger partial charge on any atom is -0.462 e. The van der Waals surface area contributed by atoms with Gasteiger partial charge in [0.2, 0.25) is 0 Å². The standard InChI is InChI=1S/C28H37NO2/c1-2-22-9-13-24(14-10-22)25-15-17-26(18-16-25)28(30)31-27-19-11-23(12-20-27)8-6-4-3-5-7-21-29/h3-5,7,9-10,13-14,23,25-27H,2,6,8,11-12,15-20H2,1H3. The molecule has 0 N–H and O–H groups in total. The maximum atomic E-state index is 12.7. The van der Waals surface area contributed by atoms with E-state index in [2.05, 4.69) is 37.3 Å². The summed E-state index contributed by atoms with van der Waals surface area (Å²) >= 11 is 0. The molecule has 0 bridgehead atoms. The van der Waals surface area contributed by atoms with E-state index < -0.39 is 0 Å². The third-order valence-electron chi connectivity index (χ3n) is 7.16. The van der Waals surface area contributed by atoms with E-state index in [1.807, 2.05) is 12.1 Å². The molecule has 31 heavy (non-hydrogen) atoms. The van der Waals surface area contributed by atoms with Crippen molar-refractivity contribution in [3.63, 3.8) is 0 Å². The van der Waals surface area contributed by atoms with Crippen molar-refractivity contribution in [2.24, 2.45) is 11.8 Å². The normalized spacial score (nSPS) is 26.7. The monoisotopic (exact) mass is 419 g/mol. The zero-order valence-electron chi connectivity index (χ0n) is 19.0. The van der Waals surface area contributed by atoms with E-state index in [0.717, 1.165) is 70.1 Å². The van der Waals surface area contributed by atoms with Crippen LogP contribution >= 0.6 is 0 Å². The van der Waals surface area contributed by atoms with Gasteiger partial charge in [-0.25, -0.2) is 0 Å². The Bertz CT molecular complexity index is 770. The zero-order chi connectivity index (χ0) is 21.9. The average molecular weight is 420 g/mol. The Morgan fingerprint density at radius 3 is 2.39 bits per heavy atom. The van der Waals surface area contributed by atoms with Crippen LogP contribution < -0.4 is 0 Å². The molecule has 2 saturated carbocycles. The van der Waals surface area contributed by atoms with Gasteiger partial charge in [-0.3, -0.25) is 4.79 Å². The van der Waals surface area contributed by atoms with Crippen molar-refractivity contribution in [3.05, 3.63) is 59.7 Å². The van der Waals surface area contributed by atoms with Gasteiger partial charge in [0.1, 0.15) is 6.10 Å². The second-order valence-electron chi connectivity index (χ2n) is 9.22. The molecule has 3 heteroatoms. The van der Waals surface area contributed by atoms with Gasteiger partial charge >= 0.3 is 5.97 Å². The van der Waals surface area contributed by atoms with E-state index in [0.29, 0.717) is 5.92 Å². The van der Waals surface area contributed by atoms with Crippen molar-refractivity contribution in [1.29, 1.82) is 5.26 Å². The van der Waals surface area contributed by atoms with Crippen LogP contribution in [0.15, 0.2) is 48.6 Å². The van der Waals surface area contributed by atoms with Crippen LogP contribution in [0.2, 0.25) is 0 Å². The number of aryl methyl sites for hydroxylation is 1. The summed E-state index contributed by atoms with van der Waals surface area (Å²) in [6.45, 7) is 2.19. The first-order valence-electron chi connectivity index (χ1n) is 12.2. The second kappa shape index (κ2) is 12.5. The molecule has 0 aromatic heterocycles. The Kier molecular flexibility index (Phi) is 9.40. The molecule has 166 valence electrons. The topological polar surface area (TPSA) is 50.1 Å². The number of ether oxygens (including phenoxy) is 1. The first-order chi connectivity index (χ1) is 15.2. The van der Waals surface area contributed by atoms with Crippen molar-refractivity contribution >= 4 is 5.97 Å². The highest BCUT2D eigenvalue weighted by Crippen LogP contribution is 2.37. The summed E-state index contributed by atoms with van der Waals surface area (Å²) in [7, 11) is 0. The van der Waals surface area contributed by atoms with Crippen LogP contribution in [-0.2, 0) is 16.0 Å². The van der Waals surface area contributed by atoms with Crippen molar-refractivity contribution in [3.8, 4) is 6.07 Å². The fourth-order valence-electron chi connectivity index (χ4n) is 5.09. The Labute approximate surface area is 188 Å². The summed E-state index contributed by atoms with van der Waals surface area (Å²) in [5, 5.41) is 8.47. The highest BCUT2D eigenvalue weighted by molar-refractivity contribution is 5.72. The predicted molar refractivity (Wildman–Crippen MR) is 125 cm³/mol. The number of hydrogen-bond donors (Lipinski definition) is 0. The maximum Gasteiger partial charge on any atom is 0.309 e. The molecule has 0 atom stereocenters. The Morgan fingerprint density at radius 2 is 1.74 bits per heavy atom. The first-order valence-corrected chi connectivity index (χ1v) is 12.2. The molecular formula is C28H37NO2. The summed E-state index contributed by atoms with van der Waals surface area (Å²) < 4.78 is 5.93. The number of nitrogens with zero attached hydrogens (tertiary/aromatic N) is 1. The van der Waals surface area contributed by atoms with E-state index in [1.165, 1.54) is 23.6 Å². The lowest BCUT2D eigenvalue weighted by atomic mass is 9.78. The van der Waals surface area contributed by atoms with Crippen LogP contribution in [0.1, 0.15) is 88.2 Å². The Hall–Kier alpha value is -2.34. The van der Waals surface area contributed by atoms with Crippen molar-refractivity contribution in [1.82, 2.24) is 0 Å². The van der Waals surface area contributed by atoms with Crippen LogP contribution in [0.25, 0.3) is 0 Å². The fraction of sp³-hybridized carbons (Fsp3) is 0.571. The minimum absolute atomic E-state index is 0.0513. The fourth-order valence-corrected chi connectivity index (χ4v) is 5.09. The summed E-state index contributed by atoms with van der Waals surface area (Å²) in [6, 6.07) is 11.0. The van der Waals surface area contributed by atoms with Crippen molar-refractivity contribution < 1.29 is 9.53 Å². The lowest BCUT2D eigenvalue weighted by Gasteiger charge is -2.31. The number of hydrogen-bond acceptors (Lipinski definition) is 3. The van der Waals surface area contributed by atoms with E-state index in [1.54, 1.807) is 6.08 Å². The summed E-state index contributed by atoms with van der Waals surface area (Å²) in [6.07, 6.45) is 19.2. The van der Waals surface area contributed by atoms with Crippen LogP contribution in [0, 0.1) is 23.2 Å². The van der Waals surface area contributed by atoms with Gasteiger partial charge in [0, 0.05) is 6.08 Å². The Morgan fingerprint density at radius 1 is 1.03 bits per heavy atom. The largest absolute Gasteiger partial charge is 0.462 e. The van der Waals surface area contributed by atoms with Gasteiger partial charge in [0.25, 0.3) is 0 Å². The van der Waals surface area contributed by atoms with E-state index in [9.17, 15) is 4.79 Å². The maximum absolute atomic E-state index is 12.7. The lowest BCUT2D eigenvalue weighted by Crippen LogP contribution is -2.29. The van der Waals surface area contributed by atoms with Gasteiger partial charge in [-0.05, 0) is 93.6 Å². The molecule has 0 spiro atoms. The molecule has 0 radical (unpaired) electrons. The van der Waals surface area contributed by atoms with Gasteiger partial charge in [-0.1, -0.05) is 49.4 Å². The van der Waals surface area contributed by atoms with E-state index in [-0.39, 0.29) is 18.0 Å². The lowest BCUT2D eigenvalue weighted by molar-refractivity contribution is -0.157. The number of rotatable bonds is 8. The molecule has 3 rings (SSSR count). The smallest absolute Gasteiger partial charge is 0.309 e. The van der Waals surface area contributed by atoms with Gasteiger partial charge in [0.05, 0.1) is 12.0 Å². The molecule has 1 aromatic carbocycles. The van der Waals surface area contributed by atoms with Crippen molar-refractivity contribution in [2.45, 2.75) is 89.6 Å². The molecule has 0 saturated heterocycles. The number of allylic oxidation sites excluding steroid dienone is 4. The number of esters is 1. The summed E-state index contributed by atoms with van der Waals surface area (Å²) in [4.78, 5) is 12.7. The second-order valence-corrected chi connectivity index (χ2v) is 9.22. The van der Waals surface area contributed by atoms with Gasteiger partial charge in [-0.2, -0.15) is 5.26 Å². The number of carbonyl (C=O) groups is 1. The number of nitriles is 1. The predicted octanol–water partition coefficient (Wildman–Crippen LogP) is 7.04. The van der Waals surface area contributed by atoms with Crippen LogP contribution in [0.4, 0.5) is 0 Å². The third kappa shape index (κ3) is 7.39. The van der Waals surface area contributed by atoms with Crippen molar-refractivity contribution in [2.75, 3.05) is 0 Å². The third-order valence-corrected chi connectivity index (χ3v) is 7.16. The first kappa shape index (κ1) is 23.3. The molecule has 0 heterocycles. The van der Waals surface area contributed by atoms with Gasteiger partial charge in [-0.15, -0.1) is 0 Å². The zero-order valence-corrected chi connectivity index (χ0v) is 19.0. The minimum atomic E-state index is 0.0513. The number of carbonyl (C=O) groups excluding carboxylic acids is 1. The highest BCUT2D eigenvalue weighted by atomic mass is 16.5. The van der Waals surface area contributed by atoms with E-state index >= 15 is 0 Å². The molecule has 2 aliphatic carbocycles. The molecule has 2 aliphatic rings. The van der Waals surface area contributed by atoms with Gasteiger partial charge < -0.3 is 4.74 Å². The molecule has 3 nitrogen and oxygen atoms in total.